The average molecular weight is 203 g/mol. The van der Waals surface area contributed by atoms with Crippen molar-refractivity contribution in [3.8, 4) is 5.75 Å². The summed E-state index contributed by atoms with van der Waals surface area (Å²) in [4.78, 5) is 0. The first-order valence-electron chi connectivity index (χ1n) is 5.13. The van der Waals surface area contributed by atoms with Gasteiger partial charge in [0.05, 0.1) is 12.1 Å². The third-order valence-electron chi connectivity index (χ3n) is 2.72. The van der Waals surface area contributed by atoms with Crippen LogP contribution in [0.5, 0.6) is 5.75 Å². The van der Waals surface area contributed by atoms with Gasteiger partial charge >= 0.3 is 0 Å². The number of aromatic nitrogens is 1. The number of ether oxygens (including phenoxy) is 2. The van der Waals surface area contributed by atoms with Crippen LogP contribution in [0, 0.1) is 0 Å². The first-order chi connectivity index (χ1) is 7.34. The molecule has 3 nitrogen and oxygen atoms in total. The van der Waals surface area contributed by atoms with Gasteiger partial charge in [0.15, 0.2) is 0 Å². The second kappa shape index (κ2) is 3.28. The van der Waals surface area contributed by atoms with Crippen LogP contribution in [0.2, 0.25) is 0 Å². The highest BCUT2D eigenvalue weighted by molar-refractivity contribution is 5.86. The van der Waals surface area contributed by atoms with Gasteiger partial charge in [-0.15, -0.1) is 0 Å². The number of aryl methyl sites for hydroxylation is 1. The summed E-state index contributed by atoms with van der Waals surface area (Å²) in [5.41, 5.74) is 1.20. The van der Waals surface area contributed by atoms with Gasteiger partial charge in [0.1, 0.15) is 18.5 Å². The van der Waals surface area contributed by atoms with Crippen LogP contribution in [-0.4, -0.2) is 23.9 Å². The molecule has 0 amide bonds. The van der Waals surface area contributed by atoms with Crippen LogP contribution in [0.3, 0.4) is 0 Å². The molecule has 78 valence electrons. The van der Waals surface area contributed by atoms with E-state index in [1.807, 2.05) is 25.4 Å². The Labute approximate surface area is 88.2 Å². The van der Waals surface area contributed by atoms with Crippen molar-refractivity contribution in [2.24, 2.45) is 7.05 Å². The molecule has 0 bridgehead atoms. The summed E-state index contributed by atoms with van der Waals surface area (Å²) < 4.78 is 12.9. The summed E-state index contributed by atoms with van der Waals surface area (Å²) in [5, 5.41) is 1.17. The van der Waals surface area contributed by atoms with Crippen molar-refractivity contribution < 1.29 is 9.47 Å². The zero-order valence-corrected chi connectivity index (χ0v) is 8.64. The second-order valence-corrected chi connectivity index (χ2v) is 3.88. The fraction of sp³-hybridized carbons (Fsp3) is 0.333. The highest BCUT2D eigenvalue weighted by atomic mass is 16.6. The van der Waals surface area contributed by atoms with Crippen LogP contribution >= 0.6 is 0 Å². The summed E-state index contributed by atoms with van der Waals surface area (Å²) in [6.45, 7) is 1.50. The number of fused-ring (bicyclic) bond motifs is 1. The molecule has 0 radical (unpaired) electrons. The molecule has 2 aromatic rings. The maximum atomic E-state index is 5.72. The Morgan fingerprint density at radius 3 is 3.13 bits per heavy atom. The minimum absolute atomic E-state index is 0.309. The zero-order valence-electron chi connectivity index (χ0n) is 8.64. The third kappa shape index (κ3) is 1.59. The number of benzene rings is 1. The minimum Gasteiger partial charge on any atom is -0.490 e. The van der Waals surface area contributed by atoms with Gasteiger partial charge in [0, 0.05) is 18.6 Å². The van der Waals surface area contributed by atoms with Crippen LogP contribution in [0.15, 0.2) is 30.5 Å². The first kappa shape index (κ1) is 8.80. The normalized spacial score (nSPS) is 19.4. The standard InChI is InChI=1S/C12H13NO2/c1-13-6-5-10-11(13)3-2-4-12(10)15-8-9-7-14-9/h2-6,9H,7-8H2,1H3/t9-/m1/s1. The largest absolute Gasteiger partial charge is 0.490 e. The van der Waals surface area contributed by atoms with E-state index in [9.17, 15) is 0 Å². The van der Waals surface area contributed by atoms with E-state index in [0.29, 0.717) is 12.7 Å². The Hall–Kier alpha value is -1.48. The van der Waals surface area contributed by atoms with E-state index in [1.165, 1.54) is 10.9 Å². The molecule has 1 aromatic heterocycles. The summed E-state index contributed by atoms with van der Waals surface area (Å²) in [5.74, 6) is 0.948. The van der Waals surface area contributed by atoms with Crippen molar-refractivity contribution in [2.75, 3.05) is 13.2 Å². The Kier molecular flexibility index (Phi) is 1.92. The quantitative estimate of drug-likeness (QED) is 0.713. The van der Waals surface area contributed by atoms with Gasteiger partial charge in [-0.25, -0.2) is 0 Å². The first-order valence-corrected chi connectivity index (χ1v) is 5.13. The monoisotopic (exact) mass is 203 g/mol. The Balaban J connectivity index is 1.94. The maximum Gasteiger partial charge on any atom is 0.128 e. The van der Waals surface area contributed by atoms with Crippen molar-refractivity contribution in [1.29, 1.82) is 0 Å². The summed E-state index contributed by atoms with van der Waals surface area (Å²) in [7, 11) is 2.04. The molecule has 15 heavy (non-hydrogen) atoms. The van der Waals surface area contributed by atoms with E-state index >= 15 is 0 Å². The summed E-state index contributed by atoms with van der Waals surface area (Å²) >= 11 is 0. The molecule has 0 saturated carbocycles. The number of hydrogen-bond acceptors (Lipinski definition) is 2. The summed E-state index contributed by atoms with van der Waals surface area (Å²) in [6.07, 6.45) is 2.36. The van der Waals surface area contributed by atoms with E-state index in [2.05, 4.69) is 16.7 Å². The Morgan fingerprint density at radius 1 is 1.47 bits per heavy atom. The van der Waals surface area contributed by atoms with E-state index < -0.39 is 0 Å². The van der Waals surface area contributed by atoms with Crippen molar-refractivity contribution in [1.82, 2.24) is 4.57 Å². The van der Waals surface area contributed by atoms with Gasteiger partial charge in [-0.1, -0.05) is 6.07 Å². The fourth-order valence-corrected chi connectivity index (χ4v) is 1.75. The zero-order chi connectivity index (χ0) is 10.3. The van der Waals surface area contributed by atoms with Crippen LogP contribution in [0.25, 0.3) is 10.9 Å². The van der Waals surface area contributed by atoms with Crippen molar-refractivity contribution in [2.45, 2.75) is 6.10 Å². The molecule has 0 aliphatic carbocycles. The lowest BCUT2D eigenvalue weighted by Crippen LogP contribution is -2.04. The van der Waals surface area contributed by atoms with Crippen molar-refractivity contribution in [3.05, 3.63) is 30.5 Å². The Bertz CT molecular complexity index is 485. The SMILES string of the molecule is Cn1ccc2c(OC[C@H]3CO3)cccc21. The number of epoxide rings is 1. The van der Waals surface area contributed by atoms with E-state index in [4.69, 9.17) is 9.47 Å². The molecular formula is C12H13NO2. The van der Waals surface area contributed by atoms with Crippen molar-refractivity contribution >= 4 is 10.9 Å². The molecule has 1 saturated heterocycles. The predicted octanol–water partition coefficient (Wildman–Crippen LogP) is 1.96. The van der Waals surface area contributed by atoms with Gasteiger partial charge in [-0.05, 0) is 18.2 Å². The van der Waals surface area contributed by atoms with Crippen LogP contribution in [0.4, 0.5) is 0 Å². The molecule has 1 aliphatic heterocycles. The smallest absolute Gasteiger partial charge is 0.128 e. The third-order valence-corrected chi connectivity index (χ3v) is 2.72. The molecule has 3 rings (SSSR count). The molecule has 0 spiro atoms. The highest BCUT2D eigenvalue weighted by Crippen LogP contribution is 2.26. The predicted molar refractivity (Wildman–Crippen MR) is 58.2 cm³/mol. The van der Waals surface area contributed by atoms with Gasteiger partial charge in [-0.3, -0.25) is 0 Å². The number of nitrogens with zero attached hydrogens (tertiary/aromatic N) is 1. The Morgan fingerprint density at radius 2 is 2.33 bits per heavy atom. The average Bonchev–Trinajstić information content (AvgIpc) is 3.01. The van der Waals surface area contributed by atoms with Crippen LogP contribution in [0.1, 0.15) is 0 Å². The fourth-order valence-electron chi connectivity index (χ4n) is 1.75. The lowest BCUT2D eigenvalue weighted by Gasteiger charge is -2.05. The molecule has 3 heteroatoms. The van der Waals surface area contributed by atoms with Crippen LogP contribution < -0.4 is 4.74 Å². The van der Waals surface area contributed by atoms with E-state index in [1.54, 1.807) is 0 Å². The molecular weight excluding hydrogens is 190 g/mol. The van der Waals surface area contributed by atoms with Gasteiger partial charge < -0.3 is 14.0 Å². The molecule has 0 N–H and O–H groups in total. The summed E-state index contributed by atoms with van der Waals surface area (Å²) in [6, 6.07) is 8.20. The van der Waals surface area contributed by atoms with Gasteiger partial charge in [0.2, 0.25) is 0 Å². The van der Waals surface area contributed by atoms with E-state index in [-0.39, 0.29) is 0 Å². The number of hydrogen-bond donors (Lipinski definition) is 0. The molecule has 1 atom stereocenters. The topological polar surface area (TPSA) is 26.7 Å². The lowest BCUT2D eigenvalue weighted by atomic mass is 10.2. The van der Waals surface area contributed by atoms with Crippen LogP contribution in [-0.2, 0) is 11.8 Å². The molecule has 1 aromatic carbocycles. The molecule has 2 heterocycles. The van der Waals surface area contributed by atoms with Crippen molar-refractivity contribution in [3.63, 3.8) is 0 Å². The molecule has 1 fully saturated rings. The van der Waals surface area contributed by atoms with Gasteiger partial charge in [0.25, 0.3) is 0 Å². The molecule has 0 unspecified atom stereocenters. The second-order valence-electron chi connectivity index (χ2n) is 3.88. The highest BCUT2D eigenvalue weighted by Gasteiger charge is 2.23. The maximum absolute atomic E-state index is 5.72. The minimum atomic E-state index is 0.309. The van der Waals surface area contributed by atoms with Gasteiger partial charge in [-0.2, -0.15) is 0 Å². The number of rotatable bonds is 3. The van der Waals surface area contributed by atoms with E-state index in [0.717, 1.165) is 12.4 Å². The molecule has 1 aliphatic rings. The lowest BCUT2D eigenvalue weighted by molar-refractivity contribution is 0.265.